The summed E-state index contributed by atoms with van der Waals surface area (Å²) in [4.78, 5) is 21.7. The monoisotopic (exact) mass is 318 g/mol. The van der Waals surface area contributed by atoms with Gasteiger partial charge in [-0.1, -0.05) is 30.3 Å². The molecule has 1 unspecified atom stereocenters. The summed E-state index contributed by atoms with van der Waals surface area (Å²) >= 11 is 0. The van der Waals surface area contributed by atoms with E-state index in [-0.39, 0.29) is 24.8 Å². The average Bonchev–Trinajstić information content (AvgIpc) is 2.90. The van der Waals surface area contributed by atoms with Crippen molar-refractivity contribution in [2.45, 2.75) is 11.7 Å². The van der Waals surface area contributed by atoms with Crippen molar-refractivity contribution in [1.82, 2.24) is 9.97 Å². The number of aromatic nitrogens is 2. The molecule has 3 rings (SSSR count). The molecule has 1 aromatic carbocycles. The zero-order chi connectivity index (χ0) is 15.7. The van der Waals surface area contributed by atoms with Crippen molar-refractivity contribution in [2.75, 3.05) is 11.4 Å². The fourth-order valence-corrected chi connectivity index (χ4v) is 3.07. The van der Waals surface area contributed by atoms with Crippen LogP contribution in [0.25, 0.3) is 11.3 Å². The summed E-state index contributed by atoms with van der Waals surface area (Å²) in [6, 6.07) is 11.2. The molecule has 1 aliphatic rings. The first-order chi connectivity index (χ1) is 10.4. The zero-order valence-electron chi connectivity index (χ0n) is 11.6. The topological polar surface area (TPSA) is 106 Å². The van der Waals surface area contributed by atoms with Gasteiger partial charge in [0.1, 0.15) is 5.25 Å². The minimum atomic E-state index is -3.76. The number of anilines is 1. The van der Waals surface area contributed by atoms with Crippen LogP contribution in [0.2, 0.25) is 0 Å². The quantitative estimate of drug-likeness (QED) is 0.889. The third-order valence-corrected chi connectivity index (χ3v) is 4.75. The van der Waals surface area contributed by atoms with E-state index in [1.54, 1.807) is 12.3 Å². The molecule has 22 heavy (non-hydrogen) atoms. The summed E-state index contributed by atoms with van der Waals surface area (Å²) in [6.07, 6.45) is 1.40. The molecule has 1 aromatic heterocycles. The second-order valence-corrected chi connectivity index (χ2v) is 6.87. The van der Waals surface area contributed by atoms with Crippen LogP contribution >= 0.6 is 0 Å². The van der Waals surface area contributed by atoms with Crippen molar-refractivity contribution in [3.63, 3.8) is 0 Å². The fraction of sp³-hybridized carbons (Fsp3) is 0.214. The number of nitrogens with two attached hydrogens (primary N) is 1. The summed E-state index contributed by atoms with van der Waals surface area (Å²) in [5.41, 5.74) is 1.55. The van der Waals surface area contributed by atoms with Gasteiger partial charge in [0.05, 0.1) is 5.69 Å². The average molecular weight is 318 g/mol. The van der Waals surface area contributed by atoms with Gasteiger partial charge in [-0.05, 0) is 6.07 Å². The molecule has 1 fully saturated rings. The van der Waals surface area contributed by atoms with Crippen molar-refractivity contribution in [3.8, 4) is 11.3 Å². The maximum atomic E-state index is 12.0. The summed E-state index contributed by atoms with van der Waals surface area (Å²) < 4.78 is 22.8. The lowest BCUT2D eigenvalue weighted by atomic mass is 10.1. The molecule has 0 saturated carbocycles. The van der Waals surface area contributed by atoms with E-state index in [1.807, 2.05) is 30.3 Å². The summed E-state index contributed by atoms with van der Waals surface area (Å²) in [7, 11) is -3.76. The largest absolute Gasteiger partial charge is 0.279 e. The number of rotatable bonds is 3. The Labute approximate surface area is 127 Å². The molecular formula is C14H14N4O3S. The number of sulfonamides is 1. The first-order valence-corrected chi connectivity index (χ1v) is 8.26. The van der Waals surface area contributed by atoms with E-state index < -0.39 is 15.3 Å². The van der Waals surface area contributed by atoms with Crippen LogP contribution in [0.3, 0.4) is 0 Å². The molecule has 1 aliphatic heterocycles. The number of primary sulfonamides is 1. The first-order valence-electron chi connectivity index (χ1n) is 6.65. The van der Waals surface area contributed by atoms with Crippen molar-refractivity contribution >= 4 is 21.9 Å². The van der Waals surface area contributed by atoms with Gasteiger partial charge >= 0.3 is 0 Å². The lowest BCUT2D eigenvalue weighted by molar-refractivity contribution is -0.117. The summed E-state index contributed by atoms with van der Waals surface area (Å²) in [5.74, 6) is -0.151. The predicted octanol–water partition coefficient (Wildman–Crippen LogP) is 0.537. The Balaban J connectivity index is 1.92. The van der Waals surface area contributed by atoms with Crippen LogP contribution in [-0.2, 0) is 14.8 Å². The van der Waals surface area contributed by atoms with E-state index in [9.17, 15) is 13.2 Å². The molecule has 1 atom stereocenters. The molecule has 2 N–H and O–H groups in total. The highest BCUT2D eigenvalue weighted by Crippen LogP contribution is 2.23. The number of benzene rings is 1. The zero-order valence-corrected chi connectivity index (χ0v) is 12.4. The Hall–Kier alpha value is -2.32. The Morgan fingerprint density at radius 1 is 1.18 bits per heavy atom. The molecule has 2 aromatic rings. The Kier molecular flexibility index (Phi) is 3.63. The number of hydrogen-bond acceptors (Lipinski definition) is 5. The maximum Gasteiger partial charge on any atom is 0.232 e. The summed E-state index contributed by atoms with van der Waals surface area (Å²) in [6.45, 7) is -0.0179. The van der Waals surface area contributed by atoms with E-state index in [0.717, 1.165) is 5.56 Å². The molecule has 2 heterocycles. The van der Waals surface area contributed by atoms with Crippen LogP contribution in [0.4, 0.5) is 5.95 Å². The molecule has 114 valence electrons. The van der Waals surface area contributed by atoms with E-state index in [0.29, 0.717) is 5.69 Å². The smallest absolute Gasteiger partial charge is 0.232 e. The van der Waals surface area contributed by atoms with Gasteiger partial charge in [-0.15, -0.1) is 0 Å². The Morgan fingerprint density at radius 2 is 1.91 bits per heavy atom. The van der Waals surface area contributed by atoms with E-state index >= 15 is 0 Å². The minimum Gasteiger partial charge on any atom is -0.279 e. The van der Waals surface area contributed by atoms with Crippen molar-refractivity contribution in [1.29, 1.82) is 0 Å². The van der Waals surface area contributed by atoms with Gasteiger partial charge in [-0.25, -0.2) is 23.5 Å². The lowest BCUT2D eigenvalue weighted by Gasteiger charge is -2.14. The van der Waals surface area contributed by atoms with Crippen LogP contribution in [0.5, 0.6) is 0 Å². The van der Waals surface area contributed by atoms with Gasteiger partial charge in [0.25, 0.3) is 0 Å². The lowest BCUT2D eigenvalue weighted by Crippen LogP contribution is -2.32. The third-order valence-electron chi connectivity index (χ3n) is 3.51. The van der Waals surface area contributed by atoms with Crippen molar-refractivity contribution in [3.05, 3.63) is 42.6 Å². The maximum absolute atomic E-state index is 12.0. The van der Waals surface area contributed by atoms with Crippen molar-refractivity contribution in [2.24, 2.45) is 5.14 Å². The SMILES string of the molecule is NS(=O)(=O)C1CC(=O)N(c2nccc(-c3ccccc3)n2)C1. The van der Waals surface area contributed by atoms with Gasteiger partial charge in [0.2, 0.25) is 21.9 Å². The van der Waals surface area contributed by atoms with E-state index in [4.69, 9.17) is 5.14 Å². The molecule has 0 bridgehead atoms. The molecule has 0 spiro atoms. The van der Waals surface area contributed by atoms with Crippen LogP contribution in [-0.4, -0.2) is 36.1 Å². The number of amides is 1. The van der Waals surface area contributed by atoms with Crippen LogP contribution in [0, 0.1) is 0 Å². The van der Waals surface area contributed by atoms with Gasteiger partial charge < -0.3 is 0 Å². The third kappa shape index (κ3) is 2.83. The highest BCUT2D eigenvalue weighted by atomic mass is 32.2. The molecule has 0 radical (unpaired) electrons. The summed E-state index contributed by atoms with van der Waals surface area (Å²) in [5, 5.41) is 4.20. The normalized spacial score (nSPS) is 18.7. The molecular weight excluding hydrogens is 304 g/mol. The van der Waals surface area contributed by atoms with Gasteiger partial charge in [-0.2, -0.15) is 0 Å². The van der Waals surface area contributed by atoms with Crippen molar-refractivity contribution < 1.29 is 13.2 Å². The second kappa shape index (κ2) is 5.47. The molecule has 0 aliphatic carbocycles. The molecule has 8 heteroatoms. The van der Waals surface area contributed by atoms with Crippen LogP contribution in [0.15, 0.2) is 42.6 Å². The van der Waals surface area contributed by atoms with E-state index in [2.05, 4.69) is 9.97 Å². The Morgan fingerprint density at radius 3 is 2.55 bits per heavy atom. The number of carbonyl (C=O) groups excluding carboxylic acids is 1. The number of hydrogen-bond donors (Lipinski definition) is 1. The molecule has 7 nitrogen and oxygen atoms in total. The number of nitrogens with zero attached hydrogens (tertiary/aromatic N) is 3. The second-order valence-electron chi connectivity index (χ2n) is 5.03. The highest BCUT2D eigenvalue weighted by Gasteiger charge is 2.38. The predicted molar refractivity (Wildman–Crippen MR) is 81.3 cm³/mol. The first kappa shape index (κ1) is 14.6. The molecule has 1 amide bonds. The van der Waals surface area contributed by atoms with Gasteiger partial charge in [0, 0.05) is 24.7 Å². The van der Waals surface area contributed by atoms with Gasteiger partial charge in [-0.3, -0.25) is 9.69 Å². The van der Waals surface area contributed by atoms with Gasteiger partial charge in [0.15, 0.2) is 0 Å². The van der Waals surface area contributed by atoms with Crippen LogP contribution in [0.1, 0.15) is 6.42 Å². The van der Waals surface area contributed by atoms with E-state index in [1.165, 1.54) is 4.90 Å². The minimum absolute atomic E-state index is 0.0179. The Bertz CT molecular complexity index is 808. The fourth-order valence-electron chi connectivity index (χ4n) is 2.34. The molecule has 1 saturated heterocycles. The number of carbonyl (C=O) groups is 1. The highest BCUT2D eigenvalue weighted by molar-refractivity contribution is 7.89. The standard InChI is InChI=1S/C14H14N4O3S/c15-22(20,21)11-8-13(19)18(9-11)14-16-7-6-12(17-14)10-4-2-1-3-5-10/h1-7,11H,8-9H2,(H2,15,20,21). The van der Waals surface area contributed by atoms with Crippen LogP contribution < -0.4 is 10.0 Å².